The fourth-order valence-electron chi connectivity index (χ4n) is 2.05. The molecule has 0 aliphatic carbocycles. The number of nitrogens with two attached hydrogens (primary N) is 1. The molecular formula is C16H14FN3O. The smallest absolute Gasteiger partial charge is 0.258 e. The Bertz CT molecular complexity index is 745. The van der Waals surface area contributed by atoms with Gasteiger partial charge in [0.2, 0.25) is 5.82 Å². The van der Waals surface area contributed by atoms with Crippen molar-refractivity contribution in [3.05, 3.63) is 53.3 Å². The van der Waals surface area contributed by atoms with Gasteiger partial charge in [-0.25, -0.2) is 4.39 Å². The van der Waals surface area contributed by atoms with E-state index >= 15 is 0 Å². The SMILES string of the molecule is Cc1cc(-c2nc(-c3ccc(F)c(C)c3)no2)ccc1N. The summed E-state index contributed by atoms with van der Waals surface area (Å²) in [6.07, 6.45) is 0. The van der Waals surface area contributed by atoms with Crippen molar-refractivity contribution in [1.29, 1.82) is 0 Å². The summed E-state index contributed by atoms with van der Waals surface area (Å²) in [5, 5.41) is 3.95. The van der Waals surface area contributed by atoms with Gasteiger partial charge in [-0.15, -0.1) is 0 Å². The largest absolute Gasteiger partial charge is 0.399 e. The lowest BCUT2D eigenvalue weighted by Gasteiger charge is -2.00. The predicted molar refractivity (Wildman–Crippen MR) is 79.0 cm³/mol. The van der Waals surface area contributed by atoms with Crippen LogP contribution >= 0.6 is 0 Å². The average molecular weight is 283 g/mol. The van der Waals surface area contributed by atoms with Gasteiger partial charge in [-0.3, -0.25) is 0 Å². The minimum Gasteiger partial charge on any atom is -0.399 e. The number of anilines is 1. The van der Waals surface area contributed by atoms with E-state index in [2.05, 4.69) is 10.1 Å². The molecule has 21 heavy (non-hydrogen) atoms. The second-order valence-electron chi connectivity index (χ2n) is 4.96. The lowest BCUT2D eigenvalue weighted by Crippen LogP contribution is -1.89. The minimum atomic E-state index is -0.253. The van der Waals surface area contributed by atoms with E-state index in [1.807, 2.05) is 19.1 Å². The Morgan fingerprint density at radius 2 is 1.71 bits per heavy atom. The van der Waals surface area contributed by atoms with E-state index in [0.29, 0.717) is 23.0 Å². The van der Waals surface area contributed by atoms with E-state index in [9.17, 15) is 4.39 Å². The first kappa shape index (κ1) is 13.3. The van der Waals surface area contributed by atoms with Gasteiger partial charge in [0.15, 0.2) is 0 Å². The number of halogens is 1. The monoisotopic (exact) mass is 283 g/mol. The quantitative estimate of drug-likeness (QED) is 0.727. The summed E-state index contributed by atoms with van der Waals surface area (Å²) in [6, 6.07) is 10.2. The number of benzene rings is 2. The molecule has 2 aromatic carbocycles. The molecule has 4 nitrogen and oxygen atoms in total. The summed E-state index contributed by atoms with van der Waals surface area (Å²) in [6.45, 7) is 3.61. The van der Waals surface area contributed by atoms with E-state index < -0.39 is 0 Å². The van der Waals surface area contributed by atoms with Crippen LogP contribution in [0.2, 0.25) is 0 Å². The van der Waals surface area contributed by atoms with Crippen molar-refractivity contribution in [2.75, 3.05) is 5.73 Å². The predicted octanol–water partition coefficient (Wildman–Crippen LogP) is 3.74. The van der Waals surface area contributed by atoms with Crippen molar-refractivity contribution < 1.29 is 8.91 Å². The third kappa shape index (κ3) is 2.50. The Balaban J connectivity index is 1.99. The Morgan fingerprint density at radius 1 is 1.00 bits per heavy atom. The summed E-state index contributed by atoms with van der Waals surface area (Å²) in [7, 11) is 0. The molecule has 3 rings (SSSR count). The van der Waals surface area contributed by atoms with Gasteiger partial charge in [0.25, 0.3) is 5.89 Å². The molecular weight excluding hydrogens is 269 g/mol. The number of nitrogen functional groups attached to an aromatic ring is 1. The van der Waals surface area contributed by atoms with Gasteiger partial charge in [0.1, 0.15) is 5.82 Å². The van der Waals surface area contributed by atoms with Crippen LogP contribution in [0.4, 0.5) is 10.1 Å². The highest BCUT2D eigenvalue weighted by Gasteiger charge is 2.12. The van der Waals surface area contributed by atoms with Gasteiger partial charge in [-0.1, -0.05) is 5.16 Å². The second-order valence-corrected chi connectivity index (χ2v) is 4.96. The van der Waals surface area contributed by atoms with Crippen LogP contribution in [-0.2, 0) is 0 Å². The van der Waals surface area contributed by atoms with Crippen LogP contribution in [0.25, 0.3) is 22.8 Å². The normalized spacial score (nSPS) is 10.8. The van der Waals surface area contributed by atoms with Gasteiger partial charge in [-0.05, 0) is 61.4 Å². The third-order valence-corrected chi connectivity index (χ3v) is 3.36. The molecule has 1 heterocycles. The van der Waals surface area contributed by atoms with Crippen LogP contribution < -0.4 is 5.73 Å². The number of hydrogen-bond acceptors (Lipinski definition) is 4. The lowest BCUT2D eigenvalue weighted by molar-refractivity contribution is 0.432. The zero-order valence-corrected chi connectivity index (χ0v) is 11.7. The second kappa shape index (κ2) is 5.01. The molecule has 1 aromatic heterocycles. The summed E-state index contributed by atoms with van der Waals surface area (Å²) >= 11 is 0. The number of hydrogen-bond donors (Lipinski definition) is 1. The molecule has 5 heteroatoms. The zero-order chi connectivity index (χ0) is 15.0. The van der Waals surface area contributed by atoms with Gasteiger partial charge in [0.05, 0.1) is 0 Å². The van der Waals surface area contributed by atoms with Crippen LogP contribution in [-0.4, -0.2) is 10.1 Å². The topological polar surface area (TPSA) is 64.9 Å². The van der Waals surface area contributed by atoms with E-state index in [1.165, 1.54) is 6.07 Å². The van der Waals surface area contributed by atoms with E-state index in [4.69, 9.17) is 10.3 Å². The maximum absolute atomic E-state index is 13.3. The molecule has 0 amide bonds. The number of aryl methyl sites for hydroxylation is 2. The summed E-state index contributed by atoms with van der Waals surface area (Å²) < 4.78 is 18.6. The molecule has 0 bridgehead atoms. The van der Waals surface area contributed by atoms with Crippen molar-refractivity contribution >= 4 is 5.69 Å². The molecule has 0 aliphatic rings. The Morgan fingerprint density at radius 3 is 2.43 bits per heavy atom. The first-order valence-corrected chi connectivity index (χ1v) is 6.51. The number of nitrogens with zero attached hydrogens (tertiary/aromatic N) is 2. The molecule has 0 atom stereocenters. The van der Waals surface area contributed by atoms with Crippen molar-refractivity contribution in [1.82, 2.24) is 10.1 Å². The Labute approximate surface area is 121 Å². The molecule has 0 saturated heterocycles. The standard InChI is InChI=1S/C16H14FN3O/c1-9-7-11(3-5-13(9)17)15-19-16(21-20-15)12-4-6-14(18)10(2)8-12/h3-8H,18H2,1-2H3. The van der Waals surface area contributed by atoms with Crippen molar-refractivity contribution in [3.63, 3.8) is 0 Å². The van der Waals surface area contributed by atoms with Gasteiger partial charge >= 0.3 is 0 Å². The number of aromatic nitrogens is 2. The van der Waals surface area contributed by atoms with Crippen molar-refractivity contribution in [2.45, 2.75) is 13.8 Å². The summed E-state index contributed by atoms with van der Waals surface area (Å²) in [5.74, 6) is 0.592. The van der Waals surface area contributed by atoms with Crippen molar-refractivity contribution in [2.24, 2.45) is 0 Å². The van der Waals surface area contributed by atoms with E-state index in [-0.39, 0.29) is 5.82 Å². The highest BCUT2D eigenvalue weighted by molar-refractivity contribution is 5.63. The molecule has 0 saturated carbocycles. The lowest BCUT2D eigenvalue weighted by atomic mass is 10.1. The third-order valence-electron chi connectivity index (χ3n) is 3.36. The highest BCUT2D eigenvalue weighted by Crippen LogP contribution is 2.25. The van der Waals surface area contributed by atoms with Gasteiger partial charge in [0, 0.05) is 16.8 Å². The Kier molecular flexibility index (Phi) is 3.17. The van der Waals surface area contributed by atoms with Gasteiger partial charge in [-0.2, -0.15) is 4.98 Å². The molecule has 0 aliphatic heterocycles. The molecule has 106 valence electrons. The maximum Gasteiger partial charge on any atom is 0.258 e. The van der Waals surface area contributed by atoms with Gasteiger partial charge < -0.3 is 10.3 Å². The van der Waals surface area contributed by atoms with Crippen molar-refractivity contribution in [3.8, 4) is 22.8 Å². The van der Waals surface area contributed by atoms with Crippen LogP contribution in [0.5, 0.6) is 0 Å². The maximum atomic E-state index is 13.3. The van der Waals surface area contributed by atoms with Crippen LogP contribution in [0.3, 0.4) is 0 Å². The minimum absolute atomic E-state index is 0.253. The van der Waals surface area contributed by atoms with E-state index in [0.717, 1.165) is 16.7 Å². The fourth-order valence-corrected chi connectivity index (χ4v) is 2.05. The molecule has 0 fully saturated rings. The first-order chi connectivity index (χ1) is 10.0. The fraction of sp³-hybridized carbons (Fsp3) is 0.125. The summed E-state index contributed by atoms with van der Waals surface area (Å²) in [4.78, 5) is 4.35. The molecule has 0 radical (unpaired) electrons. The molecule has 3 aromatic rings. The zero-order valence-electron chi connectivity index (χ0n) is 11.7. The van der Waals surface area contributed by atoms with Crippen LogP contribution in [0.15, 0.2) is 40.9 Å². The summed E-state index contributed by atoms with van der Waals surface area (Å²) in [5.41, 5.74) is 9.52. The highest BCUT2D eigenvalue weighted by atomic mass is 19.1. The average Bonchev–Trinajstić information content (AvgIpc) is 2.94. The van der Waals surface area contributed by atoms with E-state index in [1.54, 1.807) is 25.1 Å². The first-order valence-electron chi connectivity index (χ1n) is 6.51. The van der Waals surface area contributed by atoms with Crippen LogP contribution in [0, 0.1) is 19.7 Å². The molecule has 2 N–H and O–H groups in total. The number of rotatable bonds is 2. The molecule has 0 spiro atoms. The Hall–Kier alpha value is -2.69. The van der Waals surface area contributed by atoms with Crippen LogP contribution in [0.1, 0.15) is 11.1 Å². The molecule has 0 unspecified atom stereocenters.